The highest BCUT2D eigenvalue weighted by Gasteiger charge is 2.19. The lowest BCUT2D eigenvalue weighted by atomic mass is 10.1. The standard InChI is InChI=1S/C26H30N6OS/c1-20(33)21-2-6-23(7-3-21)30-12-14-32(15-13-30)25-10-11-27-26(29-25)28-22-4-8-24(9-5-22)31-16-18-34-19-17-31/h2-11H,12-19H2,1H3,(H,27,28,29). The van der Waals surface area contributed by atoms with E-state index in [1.165, 1.54) is 17.2 Å². The average molecular weight is 475 g/mol. The lowest BCUT2D eigenvalue weighted by Crippen LogP contribution is -2.46. The van der Waals surface area contributed by atoms with Gasteiger partial charge in [-0.25, -0.2) is 4.98 Å². The predicted molar refractivity (Wildman–Crippen MR) is 142 cm³/mol. The van der Waals surface area contributed by atoms with Crippen LogP contribution in [-0.2, 0) is 0 Å². The fourth-order valence-corrected chi connectivity index (χ4v) is 5.30. The van der Waals surface area contributed by atoms with Gasteiger partial charge in [0.2, 0.25) is 5.95 Å². The molecule has 2 aliphatic rings. The number of anilines is 5. The van der Waals surface area contributed by atoms with Gasteiger partial charge in [-0.2, -0.15) is 16.7 Å². The number of piperazine rings is 1. The van der Waals surface area contributed by atoms with Crippen LogP contribution < -0.4 is 20.0 Å². The Kier molecular flexibility index (Phi) is 6.85. The molecule has 1 aromatic heterocycles. The Morgan fingerprint density at radius 2 is 1.38 bits per heavy atom. The fourth-order valence-electron chi connectivity index (χ4n) is 4.39. The SMILES string of the molecule is CC(=O)c1ccc(N2CCN(c3ccnc(Nc4ccc(N5CCSCC5)cc4)n3)CC2)cc1. The Morgan fingerprint density at radius 3 is 2.03 bits per heavy atom. The molecule has 2 saturated heterocycles. The second-order valence-corrected chi connectivity index (χ2v) is 9.81. The summed E-state index contributed by atoms with van der Waals surface area (Å²) in [5, 5.41) is 3.35. The van der Waals surface area contributed by atoms with Crippen molar-refractivity contribution in [3.05, 3.63) is 66.4 Å². The number of rotatable bonds is 6. The van der Waals surface area contributed by atoms with Crippen molar-refractivity contribution in [3.8, 4) is 0 Å². The van der Waals surface area contributed by atoms with Crippen molar-refractivity contribution in [2.24, 2.45) is 0 Å². The van der Waals surface area contributed by atoms with Gasteiger partial charge in [0.25, 0.3) is 0 Å². The van der Waals surface area contributed by atoms with E-state index in [1.54, 1.807) is 6.92 Å². The molecular weight excluding hydrogens is 444 g/mol. The molecule has 1 N–H and O–H groups in total. The summed E-state index contributed by atoms with van der Waals surface area (Å²) < 4.78 is 0. The summed E-state index contributed by atoms with van der Waals surface area (Å²) in [7, 11) is 0. The highest BCUT2D eigenvalue weighted by Crippen LogP contribution is 2.24. The Balaban J connectivity index is 1.19. The van der Waals surface area contributed by atoms with Crippen LogP contribution in [0.5, 0.6) is 0 Å². The third-order valence-electron chi connectivity index (χ3n) is 6.38. The molecule has 176 valence electrons. The van der Waals surface area contributed by atoms with Crippen molar-refractivity contribution in [1.82, 2.24) is 9.97 Å². The van der Waals surface area contributed by atoms with E-state index in [-0.39, 0.29) is 5.78 Å². The normalized spacial score (nSPS) is 16.4. The van der Waals surface area contributed by atoms with Crippen LogP contribution in [-0.4, -0.2) is 66.5 Å². The molecule has 7 nitrogen and oxygen atoms in total. The van der Waals surface area contributed by atoms with Crippen molar-refractivity contribution in [2.45, 2.75) is 6.92 Å². The summed E-state index contributed by atoms with van der Waals surface area (Å²) in [4.78, 5) is 27.8. The van der Waals surface area contributed by atoms with E-state index in [1.807, 2.05) is 48.3 Å². The maximum atomic E-state index is 11.5. The number of nitrogens with one attached hydrogen (secondary N) is 1. The molecule has 2 fully saturated rings. The van der Waals surface area contributed by atoms with Gasteiger partial charge in [0.05, 0.1) is 0 Å². The van der Waals surface area contributed by atoms with Crippen LogP contribution in [0.4, 0.5) is 28.8 Å². The average Bonchev–Trinajstić information content (AvgIpc) is 2.90. The van der Waals surface area contributed by atoms with Gasteiger partial charge >= 0.3 is 0 Å². The van der Waals surface area contributed by atoms with Crippen LogP contribution in [0.3, 0.4) is 0 Å². The number of aromatic nitrogens is 2. The number of hydrogen-bond donors (Lipinski definition) is 1. The first-order valence-electron chi connectivity index (χ1n) is 11.8. The quantitative estimate of drug-likeness (QED) is 0.531. The lowest BCUT2D eigenvalue weighted by molar-refractivity contribution is 0.101. The number of thioether (sulfide) groups is 1. The van der Waals surface area contributed by atoms with Crippen LogP contribution in [0.25, 0.3) is 0 Å². The maximum absolute atomic E-state index is 11.5. The first kappa shape index (κ1) is 22.5. The molecule has 0 spiro atoms. The maximum Gasteiger partial charge on any atom is 0.229 e. The van der Waals surface area contributed by atoms with E-state index in [9.17, 15) is 4.79 Å². The molecular formula is C26H30N6OS. The zero-order valence-corrected chi connectivity index (χ0v) is 20.3. The molecule has 0 bridgehead atoms. The van der Waals surface area contributed by atoms with E-state index in [4.69, 9.17) is 4.98 Å². The monoisotopic (exact) mass is 474 g/mol. The molecule has 3 aromatic rings. The molecule has 0 saturated carbocycles. The number of nitrogens with zero attached hydrogens (tertiary/aromatic N) is 5. The number of Topliss-reactive ketones (excluding diaryl/α,β-unsaturated/α-hetero) is 1. The van der Waals surface area contributed by atoms with Gasteiger partial charge < -0.3 is 20.0 Å². The van der Waals surface area contributed by atoms with Crippen molar-refractivity contribution in [1.29, 1.82) is 0 Å². The molecule has 0 radical (unpaired) electrons. The van der Waals surface area contributed by atoms with E-state index < -0.39 is 0 Å². The smallest absolute Gasteiger partial charge is 0.229 e. The molecule has 0 unspecified atom stereocenters. The summed E-state index contributed by atoms with van der Waals surface area (Å²) in [5.41, 5.74) is 4.17. The molecule has 8 heteroatoms. The van der Waals surface area contributed by atoms with Gasteiger partial charge in [-0.05, 0) is 61.5 Å². The third kappa shape index (κ3) is 5.28. The minimum absolute atomic E-state index is 0.0988. The summed E-state index contributed by atoms with van der Waals surface area (Å²) in [6.07, 6.45) is 1.82. The fraction of sp³-hybridized carbons (Fsp3) is 0.346. The lowest BCUT2D eigenvalue weighted by Gasteiger charge is -2.36. The Morgan fingerprint density at radius 1 is 0.794 bits per heavy atom. The van der Waals surface area contributed by atoms with E-state index >= 15 is 0 Å². The van der Waals surface area contributed by atoms with Crippen LogP contribution in [0.15, 0.2) is 60.8 Å². The van der Waals surface area contributed by atoms with Gasteiger partial charge in [-0.15, -0.1) is 0 Å². The number of carbonyl (C=O) groups is 1. The Bertz CT molecular complexity index is 1110. The summed E-state index contributed by atoms with van der Waals surface area (Å²) >= 11 is 2.02. The molecule has 0 atom stereocenters. The second kappa shape index (κ2) is 10.3. The van der Waals surface area contributed by atoms with Crippen LogP contribution in [0.1, 0.15) is 17.3 Å². The van der Waals surface area contributed by atoms with Crippen molar-refractivity contribution in [3.63, 3.8) is 0 Å². The van der Waals surface area contributed by atoms with Crippen LogP contribution >= 0.6 is 11.8 Å². The number of carbonyl (C=O) groups excluding carboxylic acids is 1. The van der Waals surface area contributed by atoms with Gasteiger partial charge in [0.1, 0.15) is 5.82 Å². The minimum atomic E-state index is 0.0988. The van der Waals surface area contributed by atoms with E-state index in [2.05, 4.69) is 49.3 Å². The van der Waals surface area contributed by atoms with Gasteiger partial charge in [-0.1, -0.05) is 0 Å². The van der Waals surface area contributed by atoms with Crippen molar-refractivity contribution in [2.75, 3.05) is 70.8 Å². The molecule has 2 aromatic carbocycles. The zero-order chi connectivity index (χ0) is 23.3. The predicted octanol–water partition coefficient (Wildman–Crippen LogP) is 4.30. The summed E-state index contributed by atoms with van der Waals surface area (Å²) in [6.45, 7) is 7.40. The van der Waals surface area contributed by atoms with E-state index in [0.717, 1.165) is 62.0 Å². The second-order valence-electron chi connectivity index (χ2n) is 8.59. The number of hydrogen-bond acceptors (Lipinski definition) is 8. The molecule has 0 amide bonds. The number of ketones is 1. The molecule has 2 aliphatic heterocycles. The highest BCUT2D eigenvalue weighted by molar-refractivity contribution is 7.99. The number of benzene rings is 2. The molecule has 5 rings (SSSR count). The topological polar surface area (TPSA) is 64.6 Å². The van der Waals surface area contributed by atoms with Crippen LogP contribution in [0, 0.1) is 0 Å². The van der Waals surface area contributed by atoms with E-state index in [0.29, 0.717) is 5.95 Å². The van der Waals surface area contributed by atoms with Gasteiger partial charge in [0, 0.05) is 79.6 Å². The Hall–Kier alpha value is -3.26. The van der Waals surface area contributed by atoms with Crippen LogP contribution in [0.2, 0.25) is 0 Å². The molecule has 34 heavy (non-hydrogen) atoms. The first-order chi connectivity index (χ1) is 16.7. The van der Waals surface area contributed by atoms with Gasteiger partial charge in [0.15, 0.2) is 5.78 Å². The van der Waals surface area contributed by atoms with Crippen molar-refractivity contribution >= 4 is 46.4 Å². The summed E-state index contributed by atoms with van der Waals surface area (Å²) in [5.74, 6) is 4.04. The highest BCUT2D eigenvalue weighted by atomic mass is 32.2. The summed E-state index contributed by atoms with van der Waals surface area (Å²) in [6, 6.07) is 18.4. The first-order valence-corrected chi connectivity index (χ1v) is 12.9. The minimum Gasteiger partial charge on any atom is -0.370 e. The van der Waals surface area contributed by atoms with Gasteiger partial charge in [-0.3, -0.25) is 4.79 Å². The zero-order valence-electron chi connectivity index (χ0n) is 19.5. The largest absolute Gasteiger partial charge is 0.370 e. The Labute approximate surface area is 205 Å². The third-order valence-corrected chi connectivity index (χ3v) is 7.33. The molecule has 3 heterocycles. The van der Waals surface area contributed by atoms with Crippen molar-refractivity contribution < 1.29 is 4.79 Å². The molecule has 0 aliphatic carbocycles.